The van der Waals surface area contributed by atoms with E-state index >= 15 is 0 Å². The molecule has 0 spiro atoms. The van der Waals surface area contributed by atoms with Crippen molar-refractivity contribution in [1.29, 1.82) is 0 Å². The van der Waals surface area contributed by atoms with Gasteiger partial charge in [-0.25, -0.2) is 0 Å². The highest BCUT2D eigenvalue weighted by atomic mass is 79.9. The number of carbonyl (C=O) groups is 1. The van der Waals surface area contributed by atoms with Gasteiger partial charge in [-0.1, -0.05) is 28.1 Å². The quantitative estimate of drug-likeness (QED) is 0.929. The molecule has 0 atom stereocenters. The third kappa shape index (κ3) is 3.07. The van der Waals surface area contributed by atoms with E-state index in [9.17, 15) is 4.79 Å². The Morgan fingerprint density at radius 1 is 1.41 bits per heavy atom. The molecule has 0 aromatic heterocycles. The van der Waals surface area contributed by atoms with Crippen LogP contribution in [0.5, 0.6) is 0 Å². The molecule has 0 saturated heterocycles. The zero-order valence-corrected chi connectivity index (χ0v) is 11.4. The second-order valence-electron chi connectivity index (χ2n) is 4.70. The summed E-state index contributed by atoms with van der Waals surface area (Å²) in [6.07, 6.45) is 1.56. The van der Waals surface area contributed by atoms with Gasteiger partial charge in [0.25, 0.3) is 0 Å². The zero-order chi connectivity index (χ0) is 12.4. The second-order valence-corrected chi connectivity index (χ2v) is 5.62. The van der Waals surface area contributed by atoms with Crippen molar-refractivity contribution in [2.45, 2.75) is 25.4 Å². The Balaban J connectivity index is 1.84. The van der Waals surface area contributed by atoms with E-state index in [2.05, 4.69) is 40.0 Å². The summed E-state index contributed by atoms with van der Waals surface area (Å²) in [6, 6.07) is 8.66. The first kappa shape index (κ1) is 12.6. The lowest BCUT2D eigenvalue weighted by Gasteiger charge is -2.39. The van der Waals surface area contributed by atoms with Gasteiger partial charge in [-0.15, -0.1) is 0 Å². The highest BCUT2D eigenvalue weighted by Crippen LogP contribution is 2.31. The van der Waals surface area contributed by atoms with E-state index in [0.717, 1.165) is 23.9 Å². The molecule has 17 heavy (non-hydrogen) atoms. The third-order valence-corrected chi connectivity index (χ3v) is 3.96. The van der Waals surface area contributed by atoms with Crippen molar-refractivity contribution in [2.75, 3.05) is 7.05 Å². The molecule has 1 aliphatic rings. The molecule has 4 heteroatoms. The first-order valence-corrected chi connectivity index (χ1v) is 6.53. The molecule has 0 heterocycles. The minimum absolute atomic E-state index is 0.132. The Morgan fingerprint density at radius 3 is 2.53 bits per heavy atom. The van der Waals surface area contributed by atoms with Gasteiger partial charge in [-0.05, 0) is 37.6 Å². The van der Waals surface area contributed by atoms with Crippen molar-refractivity contribution in [3.05, 3.63) is 34.3 Å². The van der Waals surface area contributed by atoms with Gasteiger partial charge in [-0.3, -0.25) is 9.69 Å². The van der Waals surface area contributed by atoms with Crippen molar-refractivity contribution in [1.82, 2.24) is 4.90 Å². The van der Waals surface area contributed by atoms with E-state index in [0.29, 0.717) is 6.04 Å². The molecule has 0 radical (unpaired) electrons. The maximum atomic E-state index is 10.7. The van der Waals surface area contributed by atoms with Crippen molar-refractivity contribution in [3.8, 4) is 0 Å². The maximum absolute atomic E-state index is 10.7. The second kappa shape index (κ2) is 5.19. The zero-order valence-electron chi connectivity index (χ0n) is 9.77. The number of aliphatic carboxylic acids is 1. The monoisotopic (exact) mass is 297 g/mol. The van der Waals surface area contributed by atoms with Crippen LogP contribution in [0.3, 0.4) is 0 Å². The van der Waals surface area contributed by atoms with E-state index in [1.807, 2.05) is 12.1 Å². The summed E-state index contributed by atoms with van der Waals surface area (Å²) in [7, 11) is 2.06. The fraction of sp³-hybridized carbons (Fsp3) is 0.462. The number of benzene rings is 1. The van der Waals surface area contributed by atoms with E-state index < -0.39 is 5.97 Å². The third-order valence-electron chi connectivity index (χ3n) is 3.43. The predicted octanol–water partition coefficient (Wildman–Crippen LogP) is 2.74. The Hall–Kier alpha value is -0.870. The Kier molecular flexibility index (Phi) is 3.84. The lowest BCUT2D eigenvalue weighted by Crippen LogP contribution is -2.44. The minimum Gasteiger partial charge on any atom is -0.481 e. The SMILES string of the molecule is CN(Cc1ccc(Br)cc1)C1CC(C(=O)O)C1. The molecule has 2 rings (SSSR count). The minimum atomic E-state index is -0.654. The molecule has 0 aliphatic heterocycles. The van der Waals surface area contributed by atoms with Crippen molar-refractivity contribution in [3.63, 3.8) is 0 Å². The highest BCUT2D eigenvalue weighted by molar-refractivity contribution is 9.10. The van der Waals surface area contributed by atoms with Crippen LogP contribution >= 0.6 is 15.9 Å². The average molecular weight is 298 g/mol. The van der Waals surface area contributed by atoms with Gasteiger partial charge < -0.3 is 5.11 Å². The maximum Gasteiger partial charge on any atom is 0.306 e. The molecule has 0 unspecified atom stereocenters. The molecule has 1 N–H and O–H groups in total. The summed E-state index contributed by atoms with van der Waals surface area (Å²) in [5, 5.41) is 8.83. The summed E-state index contributed by atoms with van der Waals surface area (Å²) in [5.41, 5.74) is 1.26. The topological polar surface area (TPSA) is 40.5 Å². The Morgan fingerprint density at radius 2 is 2.00 bits per heavy atom. The molecule has 1 saturated carbocycles. The lowest BCUT2D eigenvalue weighted by atomic mass is 9.79. The smallest absolute Gasteiger partial charge is 0.306 e. The molecule has 0 bridgehead atoms. The number of nitrogens with zero attached hydrogens (tertiary/aromatic N) is 1. The molecule has 1 fully saturated rings. The molecule has 3 nitrogen and oxygen atoms in total. The van der Waals surface area contributed by atoms with Gasteiger partial charge in [0.05, 0.1) is 5.92 Å². The molecular weight excluding hydrogens is 282 g/mol. The van der Waals surface area contributed by atoms with Gasteiger partial charge in [0.2, 0.25) is 0 Å². The van der Waals surface area contributed by atoms with Crippen LogP contribution in [-0.2, 0) is 11.3 Å². The Labute approximate surface area is 110 Å². The van der Waals surface area contributed by atoms with Crippen LogP contribution in [0.2, 0.25) is 0 Å². The van der Waals surface area contributed by atoms with Gasteiger partial charge in [0.15, 0.2) is 0 Å². The highest BCUT2D eigenvalue weighted by Gasteiger charge is 2.36. The van der Waals surface area contributed by atoms with Crippen LogP contribution in [0.4, 0.5) is 0 Å². The average Bonchev–Trinajstić information content (AvgIpc) is 2.18. The van der Waals surface area contributed by atoms with Crippen LogP contribution < -0.4 is 0 Å². The first-order valence-electron chi connectivity index (χ1n) is 5.73. The number of hydrogen-bond acceptors (Lipinski definition) is 2. The van der Waals surface area contributed by atoms with E-state index in [1.54, 1.807) is 0 Å². The molecular formula is C13H16BrNO2. The van der Waals surface area contributed by atoms with Gasteiger partial charge in [0.1, 0.15) is 0 Å². The van der Waals surface area contributed by atoms with Crippen LogP contribution in [0.1, 0.15) is 18.4 Å². The molecule has 1 aliphatic carbocycles. The van der Waals surface area contributed by atoms with Crippen LogP contribution in [-0.4, -0.2) is 29.1 Å². The van der Waals surface area contributed by atoms with E-state index in [-0.39, 0.29) is 5.92 Å². The summed E-state index contributed by atoms with van der Waals surface area (Å²) >= 11 is 3.41. The Bertz CT molecular complexity index is 398. The fourth-order valence-electron chi connectivity index (χ4n) is 2.16. The van der Waals surface area contributed by atoms with Crippen LogP contribution in [0.25, 0.3) is 0 Å². The number of carboxylic acid groups (broad SMARTS) is 1. The van der Waals surface area contributed by atoms with Gasteiger partial charge in [0, 0.05) is 17.1 Å². The lowest BCUT2D eigenvalue weighted by molar-refractivity contribution is -0.146. The molecule has 1 aromatic carbocycles. The fourth-order valence-corrected chi connectivity index (χ4v) is 2.42. The summed E-state index contributed by atoms with van der Waals surface area (Å²) in [6.45, 7) is 0.879. The summed E-state index contributed by atoms with van der Waals surface area (Å²) in [5.74, 6) is -0.786. The summed E-state index contributed by atoms with van der Waals surface area (Å²) in [4.78, 5) is 13.0. The van der Waals surface area contributed by atoms with E-state index in [4.69, 9.17) is 5.11 Å². The summed E-state index contributed by atoms with van der Waals surface area (Å²) < 4.78 is 1.08. The number of carboxylic acids is 1. The van der Waals surface area contributed by atoms with Gasteiger partial charge in [-0.2, -0.15) is 0 Å². The number of hydrogen-bond donors (Lipinski definition) is 1. The van der Waals surface area contributed by atoms with Crippen molar-refractivity contribution < 1.29 is 9.90 Å². The largest absolute Gasteiger partial charge is 0.481 e. The number of rotatable bonds is 4. The molecule has 0 amide bonds. The van der Waals surface area contributed by atoms with Crippen molar-refractivity contribution >= 4 is 21.9 Å². The van der Waals surface area contributed by atoms with Crippen LogP contribution in [0, 0.1) is 5.92 Å². The molecule has 92 valence electrons. The van der Waals surface area contributed by atoms with Crippen LogP contribution in [0.15, 0.2) is 28.7 Å². The standard InChI is InChI=1S/C13H16BrNO2/c1-15(12-6-10(7-12)13(16)17)8-9-2-4-11(14)5-3-9/h2-5,10,12H,6-8H2,1H3,(H,16,17). The van der Waals surface area contributed by atoms with E-state index in [1.165, 1.54) is 5.56 Å². The first-order chi connectivity index (χ1) is 8.06. The molecule has 1 aromatic rings. The predicted molar refractivity (Wildman–Crippen MR) is 69.8 cm³/mol. The van der Waals surface area contributed by atoms with Crippen molar-refractivity contribution in [2.24, 2.45) is 5.92 Å². The normalized spacial score (nSPS) is 23.5. The van der Waals surface area contributed by atoms with Gasteiger partial charge >= 0.3 is 5.97 Å². The number of halogens is 1.